The van der Waals surface area contributed by atoms with Crippen molar-refractivity contribution in [3.05, 3.63) is 71.6 Å². The first kappa shape index (κ1) is 18.1. The molecule has 1 saturated heterocycles. The average molecular weight is 354 g/mol. The van der Waals surface area contributed by atoms with E-state index in [1.54, 1.807) is 12.1 Å². The number of rotatable bonds is 5. The minimum atomic E-state index is -0.252. The van der Waals surface area contributed by atoms with Crippen LogP contribution in [0, 0.1) is 5.82 Å². The second-order valence-electron chi connectivity index (χ2n) is 6.28. The zero-order valence-corrected chi connectivity index (χ0v) is 14.8. The molecule has 0 unspecified atom stereocenters. The molecule has 1 aliphatic rings. The number of anilines is 1. The number of nitrogens with one attached hydrogen (secondary N) is 1. The maximum atomic E-state index is 14.2. The Balaban J connectivity index is 1.66. The predicted octanol–water partition coefficient (Wildman–Crippen LogP) is 3.55. The van der Waals surface area contributed by atoms with Gasteiger partial charge in [-0.05, 0) is 36.3 Å². The summed E-state index contributed by atoms with van der Waals surface area (Å²) in [5, 5.41) is 2.92. The molecule has 0 radical (unpaired) electrons. The van der Waals surface area contributed by atoms with E-state index < -0.39 is 0 Å². The van der Waals surface area contributed by atoms with E-state index in [0.717, 1.165) is 11.1 Å². The van der Waals surface area contributed by atoms with Crippen LogP contribution >= 0.6 is 0 Å². The molecule has 1 amide bonds. The molecule has 2 aromatic rings. The minimum Gasteiger partial charge on any atom is -0.378 e. The van der Waals surface area contributed by atoms with Gasteiger partial charge in [0.25, 0.3) is 0 Å². The van der Waals surface area contributed by atoms with Gasteiger partial charge in [0, 0.05) is 19.2 Å². The van der Waals surface area contributed by atoms with Gasteiger partial charge >= 0.3 is 0 Å². The number of hydrogen-bond acceptors (Lipinski definition) is 3. The van der Waals surface area contributed by atoms with Crippen LogP contribution in [-0.4, -0.2) is 32.2 Å². The van der Waals surface area contributed by atoms with E-state index in [9.17, 15) is 9.18 Å². The molecule has 3 rings (SSSR count). The fourth-order valence-electron chi connectivity index (χ4n) is 2.93. The topological polar surface area (TPSA) is 41.6 Å². The number of carbonyl (C=O) groups excluding carboxylic acids is 1. The predicted molar refractivity (Wildman–Crippen MR) is 101 cm³/mol. The van der Waals surface area contributed by atoms with Gasteiger partial charge in [-0.25, -0.2) is 4.39 Å². The standard InChI is InChI=1S/C21H23FN2O2/c1-16(23-21(25)10-7-17-5-3-2-4-6-17)18-8-9-19(22)20(15-18)24-11-13-26-14-12-24/h2-10,15-16H,11-14H2,1H3,(H,23,25)/b10-7+/t16-/m0/s1. The van der Waals surface area contributed by atoms with E-state index in [4.69, 9.17) is 4.74 Å². The van der Waals surface area contributed by atoms with E-state index in [2.05, 4.69) is 5.32 Å². The largest absolute Gasteiger partial charge is 0.378 e. The normalized spacial score (nSPS) is 15.8. The highest BCUT2D eigenvalue weighted by atomic mass is 19.1. The van der Waals surface area contributed by atoms with Gasteiger partial charge in [0.15, 0.2) is 0 Å². The van der Waals surface area contributed by atoms with Gasteiger partial charge in [0.05, 0.1) is 24.9 Å². The van der Waals surface area contributed by atoms with Crippen molar-refractivity contribution >= 4 is 17.7 Å². The van der Waals surface area contributed by atoms with Crippen molar-refractivity contribution in [2.75, 3.05) is 31.2 Å². The monoisotopic (exact) mass is 354 g/mol. The van der Waals surface area contributed by atoms with Crippen LogP contribution in [-0.2, 0) is 9.53 Å². The Morgan fingerprint density at radius 1 is 1.19 bits per heavy atom. The molecule has 0 aromatic heterocycles. The molecule has 1 heterocycles. The van der Waals surface area contributed by atoms with Crippen LogP contribution in [0.15, 0.2) is 54.6 Å². The van der Waals surface area contributed by atoms with E-state index in [1.165, 1.54) is 12.1 Å². The Hall–Kier alpha value is -2.66. The van der Waals surface area contributed by atoms with Gasteiger partial charge in [-0.3, -0.25) is 4.79 Å². The smallest absolute Gasteiger partial charge is 0.244 e. The summed E-state index contributed by atoms with van der Waals surface area (Å²) in [5.74, 6) is -0.434. The van der Waals surface area contributed by atoms with E-state index in [1.807, 2.05) is 48.2 Å². The van der Waals surface area contributed by atoms with Crippen molar-refractivity contribution in [1.29, 1.82) is 0 Å². The van der Waals surface area contributed by atoms with Crippen LogP contribution in [0.25, 0.3) is 6.08 Å². The van der Waals surface area contributed by atoms with E-state index >= 15 is 0 Å². The molecule has 0 bridgehead atoms. The molecular weight excluding hydrogens is 331 g/mol. The van der Waals surface area contributed by atoms with Crippen molar-refractivity contribution in [3.63, 3.8) is 0 Å². The van der Waals surface area contributed by atoms with Gasteiger partial charge in [0.1, 0.15) is 5.82 Å². The Morgan fingerprint density at radius 3 is 2.65 bits per heavy atom. The highest BCUT2D eigenvalue weighted by molar-refractivity contribution is 5.91. The third-order valence-corrected chi connectivity index (χ3v) is 4.41. The molecule has 4 nitrogen and oxygen atoms in total. The zero-order chi connectivity index (χ0) is 18.4. The van der Waals surface area contributed by atoms with E-state index in [-0.39, 0.29) is 17.8 Å². The maximum absolute atomic E-state index is 14.2. The molecule has 26 heavy (non-hydrogen) atoms. The summed E-state index contributed by atoms with van der Waals surface area (Å²) < 4.78 is 19.5. The maximum Gasteiger partial charge on any atom is 0.244 e. The van der Waals surface area contributed by atoms with Gasteiger partial charge in [0.2, 0.25) is 5.91 Å². The van der Waals surface area contributed by atoms with Crippen LogP contribution in [0.1, 0.15) is 24.1 Å². The lowest BCUT2D eigenvalue weighted by Crippen LogP contribution is -2.37. The second-order valence-corrected chi connectivity index (χ2v) is 6.28. The Bertz CT molecular complexity index is 771. The first-order chi connectivity index (χ1) is 12.6. The molecule has 2 aromatic carbocycles. The van der Waals surface area contributed by atoms with Gasteiger partial charge in [-0.2, -0.15) is 0 Å². The van der Waals surface area contributed by atoms with Crippen LogP contribution in [0.3, 0.4) is 0 Å². The summed E-state index contributed by atoms with van der Waals surface area (Å²) in [6.07, 6.45) is 3.28. The number of nitrogens with zero attached hydrogens (tertiary/aromatic N) is 1. The summed E-state index contributed by atoms with van der Waals surface area (Å²) in [5.41, 5.74) is 2.40. The molecule has 1 atom stereocenters. The third kappa shape index (κ3) is 4.70. The average Bonchev–Trinajstić information content (AvgIpc) is 2.68. The van der Waals surface area contributed by atoms with Crippen LogP contribution in [0.5, 0.6) is 0 Å². The molecule has 136 valence electrons. The molecule has 0 saturated carbocycles. The number of halogens is 1. The molecule has 5 heteroatoms. The number of morpholine rings is 1. The summed E-state index contributed by atoms with van der Waals surface area (Å²) >= 11 is 0. The number of carbonyl (C=O) groups is 1. The molecule has 1 aliphatic heterocycles. The number of hydrogen-bond donors (Lipinski definition) is 1. The summed E-state index contributed by atoms with van der Waals surface area (Å²) in [6, 6.07) is 14.4. The van der Waals surface area contributed by atoms with Crippen molar-refractivity contribution < 1.29 is 13.9 Å². The summed E-state index contributed by atoms with van der Waals surface area (Å²) in [7, 11) is 0. The van der Waals surface area contributed by atoms with Gasteiger partial charge < -0.3 is 15.0 Å². The number of ether oxygens (including phenoxy) is 1. The number of amides is 1. The Labute approximate surface area is 153 Å². The lowest BCUT2D eigenvalue weighted by molar-refractivity contribution is -0.117. The zero-order valence-electron chi connectivity index (χ0n) is 14.8. The van der Waals surface area contributed by atoms with Crippen LogP contribution in [0.4, 0.5) is 10.1 Å². The molecule has 0 aliphatic carbocycles. The highest BCUT2D eigenvalue weighted by Crippen LogP contribution is 2.25. The van der Waals surface area contributed by atoms with Gasteiger partial charge in [-0.1, -0.05) is 36.4 Å². The Kier molecular flexibility index (Phi) is 6.02. The first-order valence-corrected chi connectivity index (χ1v) is 8.79. The first-order valence-electron chi connectivity index (χ1n) is 8.79. The van der Waals surface area contributed by atoms with Crippen molar-refractivity contribution in [2.24, 2.45) is 0 Å². The second kappa shape index (κ2) is 8.63. The third-order valence-electron chi connectivity index (χ3n) is 4.41. The lowest BCUT2D eigenvalue weighted by Gasteiger charge is -2.29. The minimum absolute atomic E-state index is 0.182. The van der Waals surface area contributed by atoms with E-state index in [0.29, 0.717) is 32.0 Å². The van der Waals surface area contributed by atoms with Gasteiger partial charge in [-0.15, -0.1) is 0 Å². The highest BCUT2D eigenvalue weighted by Gasteiger charge is 2.17. The van der Waals surface area contributed by atoms with Crippen LogP contribution < -0.4 is 10.2 Å². The van der Waals surface area contributed by atoms with Crippen LogP contribution in [0.2, 0.25) is 0 Å². The Morgan fingerprint density at radius 2 is 1.92 bits per heavy atom. The molecule has 1 N–H and O–H groups in total. The fraction of sp³-hybridized carbons (Fsp3) is 0.286. The number of benzene rings is 2. The lowest BCUT2D eigenvalue weighted by atomic mass is 10.1. The fourth-order valence-corrected chi connectivity index (χ4v) is 2.93. The van der Waals surface area contributed by atoms with Crippen molar-refractivity contribution in [3.8, 4) is 0 Å². The van der Waals surface area contributed by atoms with Crippen molar-refractivity contribution in [2.45, 2.75) is 13.0 Å². The molecule has 1 fully saturated rings. The van der Waals surface area contributed by atoms with Crippen molar-refractivity contribution in [1.82, 2.24) is 5.32 Å². The quantitative estimate of drug-likeness (QED) is 0.835. The molecule has 0 spiro atoms. The molecular formula is C21H23FN2O2. The summed E-state index contributed by atoms with van der Waals surface area (Å²) in [4.78, 5) is 14.1. The summed E-state index contributed by atoms with van der Waals surface area (Å²) in [6.45, 7) is 4.42. The SMILES string of the molecule is C[C@H](NC(=O)/C=C/c1ccccc1)c1ccc(F)c(N2CCOCC2)c1.